The molecule has 1 aromatic heterocycles. The molecule has 3 N–H and O–H groups in total. The lowest BCUT2D eigenvalue weighted by molar-refractivity contribution is 0.0934. The van der Waals surface area contributed by atoms with Gasteiger partial charge in [0.15, 0.2) is 0 Å². The van der Waals surface area contributed by atoms with Gasteiger partial charge in [-0.15, -0.1) is 11.3 Å². The van der Waals surface area contributed by atoms with Crippen molar-refractivity contribution >= 4 is 22.2 Å². The number of hydrogen-bond acceptors (Lipinski definition) is 5. The van der Waals surface area contributed by atoms with Crippen molar-refractivity contribution in [2.24, 2.45) is 0 Å². The molecule has 5 nitrogen and oxygen atoms in total. The van der Waals surface area contributed by atoms with Gasteiger partial charge in [0.1, 0.15) is 16.9 Å². The maximum Gasteiger partial charge on any atom is 0.256 e. The van der Waals surface area contributed by atoms with Gasteiger partial charge in [-0.05, 0) is 24.6 Å². The van der Waals surface area contributed by atoms with E-state index < -0.39 is 6.17 Å². The van der Waals surface area contributed by atoms with E-state index in [0.717, 1.165) is 36.6 Å². The monoisotopic (exact) mass is 329 g/mol. The maximum absolute atomic E-state index is 12.6. The molecule has 0 saturated carbocycles. The van der Waals surface area contributed by atoms with Crippen LogP contribution in [0.25, 0.3) is 0 Å². The highest BCUT2D eigenvalue weighted by atomic mass is 32.1. The Kier molecular flexibility index (Phi) is 3.50. The van der Waals surface area contributed by atoms with E-state index in [1.54, 1.807) is 23.5 Å². The molecule has 0 unspecified atom stereocenters. The average Bonchev–Trinajstić information content (AvgIpc) is 2.92. The standard InChI is InChI=1S/C17H19N3O2S/c1-2-20-8-7-11-13(9-20)23-17-14(11)16(22)18-15(19-17)10-5-3-4-6-12(10)21/h3-6,15,19,21H,2,7-9H2,1H3,(H,18,22)/t15-/m0/s1. The van der Waals surface area contributed by atoms with Crippen molar-refractivity contribution in [1.82, 2.24) is 10.2 Å². The summed E-state index contributed by atoms with van der Waals surface area (Å²) in [6.45, 7) is 5.11. The molecule has 23 heavy (non-hydrogen) atoms. The molecule has 1 atom stereocenters. The van der Waals surface area contributed by atoms with Crippen LogP contribution in [0.1, 0.15) is 39.5 Å². The van der Waals surface area contributed by atoms with Gasteiger partial charge in [-0.25, -0.2) is 0 Å². The van der Waals surface area contributed by atoms with Gasteiger partial charge in [0, 0.05) is 23.5 Å². The fourth-order valence-electron chi connectivity index (χ4n) is 3.33. The minimum atomic E-state index is -0.390. The van der Waals surface area contributed by atoms with Gasteiger partial charge in [0.05, 0.1) is 5.56 Å². The van der Waals surface area contributed by atoms with Crippen molar-refractivity contribution in [3.05, 3.63) is 45.8 Å². The summed E-state index contributed by atoms with van der Waals surface area (Å²) in [6, 6.07) is 7.09. The number of benzene rings is 1. The third-order valence-electron chi connectivity index (χ3n) is 4.61. The summed E-state index contributed by atoms with van der Waals surface area (Å²) in [6.07, 6.45) is 0.532. The molecular formula is C17H19N3O2S. The van der Waals surface area contributed by atoms with Crippen LogP contribution in [0.5, 0.6) is 5.75 Å². The summed E-state index contributed by atoms with van der Waals surface area (Å²) in [4.78, 5) is 16.3. The van der Waals surface area contributed by atoms with E-state index in [0.29, 0.717) is 5.56 Å². The second kappa shape index (κ2) is 5.54. The molecule has 0 bridgehead atoms. The minimum absolute atomic E-state index is 0.0468. The second-order valence-electron chi connectivity index (χ2n) is 5.94. The number of rotatable bonds is 2. The van der Waals surface area contributed by atoms with Crippen LogP contribution in [0.2, 0.25) is 0 Å². The van der Waals surface area contributed by atoms with Gasteiger partial charge in [-0.3, -0.25) is 9.69 Å². The van der Waals surface area contributed by atoms with Crippen LogP contribution < -0.4 is 10.6 Å². The van der Waals surface area contributed by atoms with E-state index in [2.05, 4.69) is 22.5 Å². The summed E-state index contributed by atoms with van der Waals surface area (Å²) in [5.74, 6) is 0.140. The predicted molar refractivity (Wildman–Crippen MR) is 90.9 cm³/mol. The zero-order valence-electron chi connectivity index (χ0n) is 12.9. The number of hydrogen-bond donors (Lipinski definition) is 3. The van der Waals surface area contributed by atoms with Crippen LogP contribution in [0.3, 0.4) is 0 Å². The number of anilines is 1. The molecule has 2 aromatic rings. The Morgan fingerprint density at radius 3 is 2.96 bits per heavy atom. The van der Waals surface area contributed by atoms with E-state index in [1.165, 1.54) is 10.4 Å². The first-order valence-corrected chi connectivity index (χ1v) is 8.71. The van der Waals surface area contributed by atoms with Crippen molar-refractivity contribution in [1.29, 1.82) is 0 Å². The molecule has 0 aliphatic carbocycles. The fraction of sp³-hybridized carbons (Fsp3) is 0.353. The summed E-state index contributed by atoms with van der Waals surface area (Å²) >= 11 is 1.67. The van der Waals surface area contributed by atoms with E-state index in [1.807, 2.05) is 12.1 Å². The van der Waals surface area contributed by atoms with Crippen molar-refractivity contribution in [2.45, 2.75) is 26.1 Å². The maximum atomic E-state index is 12.6. The highest BCUT2D eigenvalue weighted by molar-refractivity contribution is 7.16. The number of para-hydroxylation sites is 1. The van der Waals surface area contributed by atoms with Gasteiger partial charge >= 0.3 is 0 Å². The smallest absolute Gasteiger partial charge is 0.256 e. The quantitative estimate of drug-likeness (QED) is 0.793. The van der Waals surface area contributed by atoms with Crippen molar-refractivity contribution < 1.29 is 9.90 Å². The molecule has 0 fully saturated rings. The number of phenolic OH excluding ortho intramolecular Hbond substituents is 1. The molecule has 0 spiro atoms. The summed E-state index contributed by atoms with van der Waals surface area (Å²) in [5, 5.41) is 17.3. The molecule has 0 saturated heterocycles. The van der Waals surface area contributed by atoms with Crippen molar-refractivity contribution in [3.8, 4) is 5.75 Å². The number of carbonyl (C=O) groups excluding carboxylic acids is 1. The van der Waals surface area contributed by atoms with Crippen LogP contribution in [0.4, 0.5) is 5.00 Å². The molecule has 6 heteroatoms. The van der Waals surface area contributed by atoms with Gasteiger partial charge in [-0.2, -0.15) is 0 Å². The summed E-state index contributed by atoms with van der Waals surface area (Å²) in [5.41, 5.74) is 2.68. The number of nitrogens with one attached hydrogen (secondary N) is 2. The Balaban J connectivity index is 1.69. The lowest BCUT2D eigenvalue weighted by Gasteiger charge is -2.28. The van der Waals surface area contributed by atoms with E-state index in [9.17, 15) is 9.90 Å². The van der Waals surface area contributed by atoms with Crippen LogP contribution in [0, 0.1) is 0 Å². The number of aromatic hydroxyl groups is 1. The number of amides is 1. The number of likely N-dealkylation sites (N-methyl/N-ethyl adjacent to an activating group) is 1. The predicted octanol–water partition coefficient (Wildman–Crippen LogP) is 2.69. The Labute approximate surface area is 138 Å². The SMILES string of the molecule is CCN1CCc2c(sc3c2C(=O)N[C@H](c2ccccc2O)N3)C1. The number of carbonyl (C=O) groups is 1. The zero-order valence-corrected chi connectivity index (χ0v) is 13.7. The van der Waals surface area contributed by atoms with Crippen LogP contribution in [0.15, 0.2) is 24.3 Å². The molecule has 2 aliphatic heterocycles. The largest absolute Gasteiger partial charge is 0.508 e. The fourth-order valence-corrected chi connectivity index (χ4v) is 4.64. The first-order chi connectivity index (χ1) is 11.2. The Morgan fingerprint density at radius 1 is 1.35 bits per heavy atom. The van der Waals surface area contributed by atoms with Gasteiger partial charge in [0.2, 0.25) is 0 Å². The second-order valence-corrected chi connectivity index (χ2v) is 7.04. The molecule has 2 aliphatic rings. The third-order valence-corrected chi connectivity index (χ3v) is 5.76. The number of phenols is 1. The molecular weight excluding hydrogens is 310 g/mol. The number of thiophene rings is 1. The third kappa shape index (κ3) is 2.38. The van der Waals surface area contributed by atoms with Gasteiger partial charge < -0.3 is 15.7 Å². The highest BCUT2D eigenvalue weighted by Crippen LogP contribution is 2.41. The van der Waals surface area contributed by atoms with Gasteiger partial charge in [-0.1, -0.05) is 25.1 Å². The van der Waals surface area contributed by atoms with Crippen LogP contribution >= 0.6 is 11.3 Å². The lowest BCUT2D eigenvalue weighted by Crippen LogP contribution is -2.38. The lowest BCUT2D eigenvalue weighted by atomic mass is 10.00. The minimum Gasteiger partial charge on any atom is -0.508 e. The summed E-state index contributed by atoms with van der Waals surface area (Å²) < 4.78 is 0. The van der Waals surface area contributed by atoms with E-state index in [4.69, 9.17) is 0 Å². The zero-order chi connectivity index (χ0) is 16.0. The molecule has 120 valence electrons. The van der Waals surface area contributed by atoms with E-state index >= 15 is 0 Å². The first kappa shape index (κ1) is 14.5. The highest BCUT2D eigenvalue weighted by Gasteiger charge is 2.33. The number of nitrogens with zero attached hydrogens (tertiary/aromatic N) is 1. The average molecular weight is 329 g/mol. The molecule has 1 amide bonds. The topological polar surface area (TPSA) is 64.6 Å². The Hall–Kier alpha value is -2.05. The number of fused-ring (bicyclic) bond motifs is 3. The first-order valence-electron chi connectivity index (χ1n) is 7.89. The molecule has 3 heterocycles. The molecule has 0 radical (unpaired) electrons. The van der Waals surface area contributed by atoms with Crippen LogP contribution in [-0.4, -0.2) is 29.0 Å². The van der Waals surface area contributed by atoms with Crippen molar-refractivity contribution in [3.63, 3.8) is 0 Å². The normalized spacial score (nSPS) is 20.4. The van der Waals surface area contributed by atoms with Crippen molar-refractivity contribution in [2.75, 3.05) is 18.4 Å². The Bertz CT molecular complexity index is 771. The molecule has 4 rings (SSSR count). The van der Waals surface area contributed by atoms with Crippen LogP contribution in [-0.2, 0) is 13.0 Å². The van der Waals surface area contributed by atoms with Gasteiger partial charge in [0.25, 0.3) is 5.91 Å². The Morgan fingerprint density at radius 2 is 2.17 bits per heavy atom. The summed E-state index contributed by atoms with van der Waals surface area (Å²) in [7, 11) is 0. The van der Waals surface area contributed by atoms with E-state index in [-0.39, 0.29) is 11.7 Å². The molecule has 1 aromatic carbocycles.